The van der Waals surface area contributed by atoms with Gasteiger partial charge >= 0.3 is 135 Å². The zero-order valence-corrected chi connectivity index (χ0v) is 17.1. The number of halogens is 1. The van der Waals surface area contributed by atoms with Gasteiger partial charge in [0.2, 0.25) is 0 Å². The van der Waals surface area contributed by atoms with Gasteiger partial charge in [-0.05, 0) is 0 Å². The summed E-state index contributed by atoms with van der Waals surface area (Å²) in [6.45, 7) is 6.94. The number of rotatable bonds is 11. The van der Waals surface area contributed by atoms with E-state index < -0.39 is 18.4 Å². The Morgan fingerprint density at radius 1 is 0.762 bits per heavy atom. The molecule has 2 heteroatoms. The van der Waals surface area contributed by atoms with Gasteiger partial charge in [0.15, 0.2) is 0 Å². The van der Waals surface area contributed by atoms with Crippen LogP contribution < -0.4 is 0 Å². The normalized spacial score (nSPS) is 11.8. The average molecular weight is 399 g/mol. The molecule has 1 rings (SSSR count). The molecule has 1 aromatic carbocycles. The molecule has 0 heterocycles. The third kappa shape index (κ3) is 7.17. The summed E-state index contributed by atoms with van der Waals surface area (Å²) < 4.78 is 19.1. The van der Waals surface area contributed by atoms with Crippen LogP contribution in [0.4, 0.5) is 4.39 Å². The molecule has 0 aromatic heterocycles. The molecule has 0 aliphatic carbocycles. The quantitative estimate of drug-likeness (QED) is 0.361. The Hall–Kier alpha value is -0.0513. The Kier molecular flexibility index (Phi) is 9.62. The van der Waals surface area contributed by atoms with Crippen LogP contribution in [0, 0.1) is 5.82 Å². The van der Waals surface area contributed by atoms with Gasteiger partial charge < -0.3 is 0 Å². The van der Waals surface area contributed by atoms with Crippen LogP contribution in [0.3, 0.4) is 0 Å². The molecule has 0 spiro atoms. The van der Waals surface area contributed by atoms with Gasteiger partial charge in [0.1, 0.15) is 0 Å². The predicted molar refractivity (Wildman–Crippen MR) is 95.0 cm³/mol. The summed E-state index contributed by atoms with van der Waals surface area (Å²) in [5, 5.41) is 0. The number of hydrogen-bond acceptors (Lipinski definition) is 0. The second kappa shape index (κ2) is 10.6. The molecule has 0 saturated heterocycles. The van der Waals surface area contributed by atoms with E-state index in [2.05, 4.69) is 20.8 Å². The van der Waals surface area contributed by atoms with E-state index in [1.807, 2.05) is 12.1 Å². The molecule has 0 saturated carbocycles. The van der Waals surface area contributed by atoms with Crippen LogP contribution >= 0.6 is 0 Å². The average Bonchev–Trinajstić information content (AvgIpc) is 2.51. The monoisotopic (exact) mass is 400 g/mol. The van der Waals surface area contributed by atoms with Crippen molar-refractivity contribution in [3.63, 3.8) is 0 Å². The van der Waals surface area contributed by atoms with E-state index >= 15 is 0 Å². The Morgan fingerprint density at radius 3 is 1.57 bits per heavy atom. The van der Waals surface area contributed by atoms with E-state index in [0.29, 0.717) is 0 Å². The summed E-state index contributed by atoms with van der Waals surface area (Å²) in [5.41, 5.74) is 1.40. The maximum absolute atomic E-state index is 13.1. The second-order valence-electron chi connectivity index (χ2n) is 6.61. The SMILES string of the molecule is CCC[CH2][Sn]([CH2]CCC)([CH2]CCC)[CH2]c1ccc(F)cc1. The molecule has 0 unspecified atom stereocenters. The van der Waals surface area contributed by atoms with Crippen molar-refractivity contribution in [2.24, 2.45) is 0 Å². The molecule has 0 N–H and O–H groups in total. The van der Waals surface area contributed by atoms with Gasteiger partial charge in [-0.15, -0.1) is 0 Å². The first-order valence-corrected chi connectivity index (χ1v) is 17.0. The van der Waals surface area contributed by atoms with Gasteiger partial charge in [-0.1, -0.05) is 0 Å². The predicted octanol–water partition coefficient (Wildman–Crippen LogP) is 6.76. The fourth-order valence-corrected chi connectivity index (χ4v) is 19.6. The van der Waals surface area contributed by atoms with Crippen LogP contribution in [0.5, 0.6) is 0 Å². The fourth-order valence-electron chi connectivity index (χ4n) is 3.33. The summed E-state index contributed by atoms with van der Waals surface area (Å²) in [7, 11) is 0. The molecular weight excluding hydrogens is 366 g/mol. The van der Waals surface area contributed by atoms with Crippen molar-refractivity contribution >= 4 is 18.4 Å². The first-order valence-electron chi connectivity index (χ1n) is 8.90. The second-order valence-corrected chi connectivity index (χ2v) is 20.5. The van der Waals surface area contributed by atoms with Crippen LogP contribution in [0.1, 0.15) is 64.9 Å². The standard InChI is InChI=1S/C7H6F.3C4H9.Sn/c1-6-2-4-7(8)5-3-6;3*1-3-4-2;/h2-5H,1H2;3*1,3-4H2,2H3;. The first kappa shape index (κ1) is 19.0. The minimum atomic E-state index is -2.09. The maximum atomic E-state index is 13.1. The molecule has 0 aliphatic heterocycles. The Morgan fingerprint density at radius 2 is 1.19 bits per heavy atom. The third-order valence-corrected chi connectivity index (χ3v) is 20.1. The molecule has 0 bridgehead atoms. The molecule has 0 amide bonds. The van der Waals surface area contributed by atoms with Gasteiger partial charge in [0.05, 0.1) is 0 Å². The van der Waals surface area contributed by atoms with Crippen LogP contribution in [-0.4, -0.2) is 18.4 Å². The Balaban J connectivity index is 2.85. The third-order valence-electron chi connectivity index (χ3n) is 4.67. The first-order chi connectivity index (χ1) is 10.2. The Bertz CT molecular complexity index is 350. The molecule has 120 valence electrons. The van der Waals surface area contributed by atoms with E-state index in [1.165, 1.54) is 61.8 Å². The molecular formula is C19H33FSn. The van der Waals surface area contributed by atoms with Gasteiger partial charge in [0, 0.05) is 0 Å². The van der Waals surface area contributed by atoms with Crippen molar-refractivity contribution in [3.8, 4) is 0 Å². The molecule has 0 nitrogen and oxygen atoms in total. The minimum absolute atomic E-state index is 0.102. The van der Waals surface area contributed by atoms with Crippen molar-refractivity contribution in [2.75, 3.05) is 0 Å². The van der Waals surface area contributed by atoms with E-state index in [-0.39, 0.29) is 5.82 Å². The molecule has 0 fully saturated rings. The van der Waals surface area contributed by atoms with Gasteiger partial charge in [-0.3, -0.25) is 0 Å². The van der Waals surface area contributed by atoms with Gasteiger partial charge in [-0.2, -0.15) is 0 Å². The number of unbranched alkanes of at least 4 members (excludes halogenated alkanes) is 3. The van der Waals surface area contributed by atoms with Crippen LogP contribution in [-0.2, 0) is 4.44 Å². The summed E-state index contributed by atoms with van der Waals surface area (Å²) in [6.07, 6.45) is 8.18. The van der Waals surface area contributed by atoms with E-state index in [1.54, 1.807) is 12.1 Å². The van der Waals surface area contributed by atoms with Crippen molar-refractivity contribution in [1.82, 2.24) is 0 Å². The van der Waals surface area contributed by atoms with Gasteiger partial charge in [-0.25, -0.2) is 0 Å². The van der Waals surface area contributed by atoms with Gasteiger partial charge in [0.25, 0.3) is 0 Å². The fraction of sp³-hybridized carbons (Fsp3) is 0.684. The molecule has 0 radical (unpaired) electrons. The van der Waals surface area contributed by atoms with E-state index in [0.717, 1.165) is 0 Å². The van der Waals surface area contributed by atoms with E-state index in [4.69, 9.17) is 0 Å². The van der Waals surface area contributed by atoms with Crippen LogP contribution in [0.25, 0.3) is 0 Å². The Labute approximate surface area is 135 Å². The molecule has 0 aliphatic rings. The summed E-state index contributed by atoms with van der Waals surface area (Å²) in [5.74, 6) is -0.102. The van der Waals surface area contributed by atoms with Crippen molar-refractivity contribution in [2.45, 2.75) is 77.0 Å². The molecule has 0 atom stereocenters. The number of hydrogen-bond donors (Lipinski definition) is 0. The summed E-state index contributed by atoms with van der Waals surface area (Å²) in [4.78, 5) is 0. The molecule has 1 aromatic rings. The van der Waals surface area contributed by atoms with E-state index in [9.17, 15) is 4.39 Å². The summed E-state index contributed by atoms with van der Waals surface area (Å²) in [6, 6.07) is 7.35. The van der Waals surface area contributed by atoms with Crippen molar-refractivity contribution in [3.05, 3.63) is 35.6 Å². The zero-order chi connectivity index (χ0) is 15.6. The van der Waals surface area contributed by atoms with Crippen LogP contribution in [0.15, 0.2) is 24.3 Å². The van der Waals surface area contributed by atoms with Crippen molar-refractivity contribution in [1.29, 1.82) is 0 Å². The zero-order valence-electron chi connectivity index (χ0n) is 14.3. The van der Waals surface area contributed by atoms with Crippen molar-refractivity contribution < 1.29 is 4.39 Å². The number of benzene rings is 1. The molecule has 21 heavy (non-hydrogen) atoms. The summed E-state index contributed by atoms with van der Waals surface area (Å²) >= 11 is -2.09. The topological polar surface area (TPSA) is 0 Å². The van der Waals surface area contributed by atoms with Crippen LogP contribution in [0.2, 0.25) is 13.3 Å².